The molecule has 0 aliphatic heterocycles. The summed E-state index contributed by atoms with van der Waals surface area (Å²) >= 11 is 0. The van der Waals surface area contributed by atoms with E-state index in [9.17, 15) is 14.4 Å². The van der Waals surface area contributed by atoms with Crippen molar-refractivity contribution in [1.82, 2.24) is 0 Å². The van der Waals surface area contributed by atoms with Crippen LogP contribution in [0.5, 0.6) is 0 Å². The normalized spacial score (nSPS) is 13.1. The molecule has 0 spiro atoms. The first kappa shape index (κ1) is 72.3. The van der Waals surface area contributed by atoms with Crippen LogP contribution in [-0.4, -0.2) is 37.2 Å². The van der Waals surface area contributed by atoms with Crippen molar-refractivity contribution in [2.24, 2.45) is 0 Å². The zero-order valence-electron chi connectivity index (χ0n) is 49.7. The number of unbranched alkanes of at least 4 members (excludes halogenated alkanes) is 20. The summed E-state index contributed by atoms with van der Waals surface area (Å²) in [5, 5.41) is 0. The second-order valence-electron chi connectivity index (χ2n) is 20.2. The van der Waals surface area contributed by atoms with Gasteiger partial charge in [0.05, 0.1) is 0 Å². The highest BCUT2D eigenvalue weighted by atomic mass is 16.6. The van der Waals surface area contributed by atoms with E-state index in [1.807, 2.05) is 0 Å². The largest absolute Gasteiger partial charge is 0.462 e. The van der Waals surface area contributed by atoms with Crippen LogP contribution >= 0.6 is 0 Å². The van der Waals surface area contributed by atoms with Gasteiger partial charge < -0.3 is 14.2 Å². The van der Waals surface area contributed by atoms with Gasteiger partial charge in [-0.25, -0.2) is 0 Å². The zero-order valence-corrected chi connectivity index (χ0v) is 49.7. The molecule has 0 fully saturated rings. The lowest BCUT2D eigenvalue weighted by Crippen LogP contribution is -2.30. The van der Waals surface area contributed by atoms with Crippen molar-refractivity contribution in [3.05, 3.63) is 146 Å². The standard InChI is InChI=1S/C71H114O6/c1-4-7-10-13-16-19-22-24-26-28-30-32-33-34-35-36-37-39-40-42-44-46-49-52-55-58-61-64-70(73)76-67-68(66-75-69(72)63-60-57-54-51-48-21-18-15-12-9-6-3)77-71(74)65-62-59-56-53-50-47-45-43-41-38-31-29-27-25-23-20-17-14-11-8-5-2/h7-8,10-11,15-20,24-27,30-32,34-35,38,43,45,50,53,68H,4-6,9,12-14,21-23,28-29,33,36-37,39-42,44,46-49,51-52,54-67H2,1-3H3/b10-7-,11-8-,18-15-,19-16-,20-17-,26-24-,27-25-,32-30-,35-34-,38-31-,45-43-,53-50-. The molecule has 0 heterocycles. The maximum absolute atomic E-state index is 12.9. The van der Waals surface area contributed by atoms with Gasteiger partial charge in [-0.15, -0.1) is 0 Å². The van der Waals surface area contributed by atoms with Crippen LogP contribution in [0.1, 0.15) is 265 Å². The van der Waals surface area contributed by atoms with Crippen LogP contribution in [0.25, 0.3) is 0 Å². The first-order valence-corrected chi connectivity index (χ1v) is 31.3. The molecule has 0 aromatic carbocycles. The van der Waals surface area contributed by atoms with Crippen molar-refractivity contribution in [3.63, 3.8) is 0 Å². The van der Waals surface area contributed by atoms with E-state index in [1.54, 1.807) is 0 Å². The monoisotopic (exact) mass is 1060 g/mol. The Morgan fingerprint density at radius 1 is 0.273 bits per heavy atom. The van der Waals surface area contributed by atoms with Gasteiger partial charge in [0.1, 0.15) is 13.2 Å². The van der Waals surface area contributed by atoms with Crippen LogP contribution in [0.4, 0.5) is 0 Å². The fourth-order valence-electron chi connectivity index (χ4n) is 8.16. The fraction of sp³-hybridized carbons (Fsp3) is 0.620. The SMILES string of the molecule is CC/C=C\C/C=C\C/C=C\C/C=C\C/C=C\C/C=C\CCCCC(=O)OC(COC(=O)CCCCCCC/C=C\CCCC)COC(=O)CCCCCCCCCCCCC/C=C\C/C=C\C/C=C\C/C=C\C/C=C\CC. The Labute approximate surface area is 474 Å². The van der Waals surface area contributed by atoms with Gasteiger partial charge in [0, 0.05) is 19.3 Å². The Kier molecular flexibility index (Phi) is 59.9. The average Bonchev–Trinajstić information content (AvgIpc) is 3.43. The molecule has 0 saturated heterocycles. The molecule has 1 unspecified atom stereocenters. The molecule has 0 rings (SSSR count). The molecule has 0 radical (unpaired) electrons. The molecule has 1 atom stereocenters. The van der Waals surface area contributed by atoms with Crippen molar-refractivity contribution in [2.45, 2.75) is 271 Å². The van der Waals surface area contributed by atoms with E-state index in [4.69, 9.17) is 14.2 Å². The molecule has 434 valence electrons. The molecule has 77 heavy (non-hydrogen) atoms. The highest BCUT2D eigenvalue weighted by Gasteiger charge is 2.19. The molecule has 6 nitrogen and oxygen atoms in total. The Morgan fingerprint density at radius 3 is 0.831 bits per heavy atom. The van der Waals surface area contributed by atoms with Gasteiger partial charge in [-0.1, -0.05) is 256 Å². The van der Waals surface area contributed by atoms with Crippen molar-refractivity contribution in [2.75, 3.05) is 13.2 Å². The summed E-state index contributed by atoms with van der Waals surface area (Å²) in [4.78, 5) is 38.2. The first-order chi connectivity index (χ1) is 38.0. The Balaban J connectivity index is 4.37. The van der Waals surface area contributed by atoms with Crippen LogP contribution < -0.4 is 0 Å². The van der Waals surface area contributed by atoms with Crippen LogP contribution in [0.3, 0.4) is 0 Å². The van der Waals surface area contributed by atoms with Crippen molar-refractivity contribution in [1.29, 1.82) is 0 Å². The lowest BCUT2D eigenvalue weighted by Gasteiger charge is -2.18. The molecule has 0 saturated carbocycles. The number of rotatable bonds is 55. The molecule has 0 aromatic heterocycles. The van der Waals surface area contributed by atoms with Crippen molar-refractivity contribution < 1.29 is 28.6 Å². The fourth-order valence-corrected chi connectivity index (χ4v) is 8.16. The minimum Gasteiger partial charge on any atom is -0.462 e. The molecule has 0 aliphatic rings. The van der Waals surface area contributed by atoms with Gasteiger partial charge in [-0.3, -0.25) is 14.4 Å². The van der Waals surface area contributed by atoms with Gasteiger partial charge >= 0.3 is 17.9 Å². The van der Waals surface area contributed by atoms with E-state index >= 15 is 0 Å². The van der Waals surface area contributed by atoms with Gasteiger partial charge in [-0.2, -0.15) is 0 Å². The van der Waals surface area contributed by atoms with E-state index in [-0.39, 0.29) is 37.5 Å². The number of esters is 3. The van der Waals surface area contributed by atoms with Crippen LogP contribution in [-0.2, 0) is 28.6 Å². The van der Waals surface area contributed by atoms with Crippen LogP contribution in [0, 0.1) is 0 Å². The Hall–Kier alpha value is -4.71. The minimum absolute atomic E-state index is 0.105. The molecular weight excluding hydrogens is 949 g/mol. The molecule has 0 amide bonds. The lowest BCUT2D eigenvalue weighted by atomic mass is 10.0. The zero-order chi connectivity index (χ0) is 55.7. The quantitative estimate of drug-likeness (QED) is 0.0261. The van der Waals surface area contributed by atoms with E-state index in [0.717, 1.165) is 135 Å². The van der Waals surface area contributed by atoms with Gasteiger partial charge in [0.25, 0.3) is 0 Å². The number of hydrogen-bond acceptors (Lipinski definition) is 6. The maximum atomic E-state index is 12.9. The molecule has 0 aromatic rings. The van der Waals surface area contributed by atoms with Gasteiger partial charge in [0.2, 0.25) is 0 Å². The second kappa shape index (κ2) is 63.8. The third-order valence-electron chi connectivity index (χ3n) is 12.8. The summed E-state index contributed by atoms with van der Waals surface area (Å²) in [7, 11) is 0. The summed E-state index contributed by atoms with van der Waals surface area (Å²) in [6.07, 6.45) is 91.4. The summed E-state index contributed by atoms with van der Waals surface area (Å²) in [6, 6.07) is 0. The second-order valence-corrected chi connectivity index (χ2v) is 20.2. The number of hydrogen-bond donors (Lipinski definition) is 0. The topological polar surface area (TPSA) is 78.9 Å². The van der Waals surface area contributed by atoms with Crippen molar-refractivity contribution >= 4 is 17.9 Å². The lowest BCUT2D eigenvalue weighted by molar-refractivity contribution is -0.167. The van der Waals surface area contributed by atoms with Crippen LogP contribution in [0.2, 0.25) is 0 Å². The highest BCUT2D eigenvalue weighted by Crippen LogP contribution is 2.15. The van der Waals surface area contributed by atoms with E-state index in [2.05, 4.69) is 167 Å². The summed E-state index contributed by atoms with van der Waals surface area (Å²) < 4.78 is 16.8. The van der Waals surface area contributed by atoms with E-state index < -0.39 is 6.10 Å². The number of carbonyl (C=O) groups excluding carboxylic acids is 3. The third-order valence-corrected chi connectivity index (χ3v) is 12.8. The Bertz CT molecular complexity index is 1700. The van der Waals surface area contributed by atoms with Gasteiger partial charge in [-0.05, 0) is 135 Å². The minimum atomic E-state index is -0.812. The summed E-state index contributed by atoms with van der Waals surface area (Å²) in [5.74, 6) is -0.963. The number of allylic oxidation sites excluding steroid dienone is 24. The molecule has 0 bridgehead atoms. The number of ether oxygens (including phenoxy) is 3. The smallest absolute Gasteiger partial charge is 0.306 e. The van der Waals surface area contributed by atoms with E-state index in [0.29, 0.717) is 19.3 Å². The predicted octanol–water partition coefficient (Wildman–Crippen LogP) is 21.5. The molecule has 0 N–H and O–H groups in total. The summed E-state index contributed by atoms with van der Waals surface area (Å²) in [5.41, 5.74) is 0. The Morgan fingerprint density at radius 2 is 0.506 bits per heavy atom. The predicted molar refractivity (Wildman–Crippen MR) is 334 cm³/mol. The molecule has 0 aliphatic carbocycles. The first-order valence-electron chi connectivity index (χ1n) is 31.3. The van der Waals surface area contributed by atoms with Crippen LogP contribution in [0.15, 0.2) is 146 Å². The maximum Gasteiger partial charge on any atom is 0.306 e. The number of carbonyl (C=O) groups is 3. The van der Waals surface area contributed by atoms with E-state index in [1.165, 1.54) is 83.5 Å². The highest BCUT2D eigenvalue weighted by molar-refractivity contribution is 5.71. The third kappa shape index (κ3) is 62.0. The average molecular weight is 1060 g/mol. The van der Waals surface area contributed by atoms with Crippen molar-refractivity contribution in [3.8, 4) is 0 Å². The molecular formula is C71H114O6. The molecule has 6 heteroatoms. The van der Waals surface area contributed by atoms with Gasteiger partial charge in [0.15, 0.2) is 6.10 Å². The summed E-state index contributed by atoms with van der Waals surface area (Å²) in [6.45, 7) is 6.33.